The van der Waals surface area contributed by atoms with Crippen molar-refractivity contribution in [3.63, 3.8) is 0 Å². The van der Waals surface area contributed by atoms with E-state index in [1.165, 1.54) is 6.07 Å². The summed E-state index contributed by atoms with van der Waals surface area (Å²) in [6.45, 7) is 0. The van der Waals surface area contributed by atoms with E-state index in [9.17, 15) is 4.39 Å². The van der Waals surface area contributed by atoms with E-state index in [4.69, 9.17) is 17.3 Å². The highest BCUT2D eigenvalue weighted by Crippen LogP contribution is 2.39. The van der Waals surface area contributed by atoms with Crippen molar-refractivity contribution in [1.29, 1.82) is 0 Å². The lowest BCUT2D eigenvalue weighted by atomic mass is 10.1. The molecule has 0 amide bonds. The zero-order chi connectivity index (χ0) is 8.72. The van der Waals surface area contributed by atoms with Crippen LogP contribution in [0.2, 0.25) is 5.02 Å². The largest absolute Gasteiger partial charge is 0.327 e. The van der Waals surface area contributed by atoms with Crippen LogP contribution >= 0.6 is 11.6 Å². The molecule has 0 saturated heterocycles. The summed E-state index contributed by atoms with van der Waals surface area (Å²) in [4.78, 5) is 0. The Hall–Kier alpha value is -0.600. The Kier molecular flexibility index (Phi) is 1.81. The maximum Gasteiger partial charge on any atom is 0.141 e. The second-order valence-electron chi connectivity index (χ2n) is 3.18. The molecule has 1 saturated carbocycles. The van der Waals surface area contributed by atoms with E-state index in [0.717, 1.165) is 12.0 Å². The van der Waals surface area contributed by atoms with Gasteiger partial charge in [0.15, 0.2) is 0 Å². The zero-order valence-electron chi connectivity index (χ0n) is 6.43. The van der Waals surface area contributed by atoms with Gasteiger partial charge >= 0.3 is 0 Å². The lowest BCUT2D eigenvalue weighted by Crippen LogP contribution is -2.00. The quantitative estimate of drug-likeness (QED) is 0.714. The first-order valence-corrected chi connectivity index (χ1v) is 4.27. The van der Waals surface area contributed by atoms with Crippen molar-refractivity contribution >= 4 is 11.6 Å². The maximum atomic E-state index is 12.7. The van der Waals surface area contributed by atoms with Gasteiger partial charge in [0.2, 0.25) is 0 Å². The third-order valence-corrected chi connectivity index (χ3v) is 2.50. The Bertz CT molecular complexity index is 313. The summed E-state index contributed by atoms with van der Waals surface area (Å²) in [6, 6.07) is 5.04. The van der Waals surface area contributed by atoms with Crippen LogP contribution < -0.4 is 5.73 Å². The van der Waals surface area contributed by atoms with Gasteiger partial charge in [0.1, 0.15) is 5.82 Å². The van der Waals surface area contributed by atoms with Crippen molar-refractivity contribution in [2.75, 3.05) is 0 Å². The first kappa shape index (κ1) is 8.02. The topological polar surface area (TPSA) is 26.0 Å². The van der Waals surface area contributed by atoms with E-state index >= 15 is 0 Å². The van der Waals surface area contributed by atoms with Crippen LogP contribution in [0.1, 0.15) is 17.9 Å². The highest BCUT2D eigenvalue weighted by molar-refractivity contribution is 6.30. The average molecular weight is 186 g/mol. The SMILES string of the molecule is N[C@H]1C[C@@H]1c1ccc(F)c(Cl)c1. The fourth-order valence-electron chi connectivity index (χ4n) is 1.34. The predicted molar refractivity (Wildman–Crippen MR) is 46.7 cm³/mol. The summed E-state index contributed by atoms with van der Waals surface area (Å²) in [6.07, 6.45) is 0.988. The third-order valence-electron chi connectivity index (χ3n) is 2.21. The fourth-order valence-corrected chi connectivity index (χ4v) is 1.53. The van der Waals surface area contributed by atoms with Gasteiger partial charge in [-0.05, 0) is 24.1 Å². The number of hydrogen-bond donors (Lipinski definition) is 1. The van der Waals surface area contributed by atoms with Gasteiger partial charge in [-0.2, -0.15) is 0 Å². The van der Waals surface area contributed by atoms with Gasteiger partial charge in [-0.25, -0.2) is 4.39 Å². The molecule has 1 aliphatic rings. The Morgan fingerprint density at radius 3 is 2.67 bits per heavy atom. The van der Waals surface area contributed by atoms with Crippen LogP contribution in [0.3, 0.4) is 0 Å². The molecule has 2 atom stereocenters. The third kappa shape index (κ3) is 1.32. The number of rotatable bonds is 1. The molecule has 0 spiro atoms. The molecule has 0 heterocycles. The van der Waals surface area contributed by atoms with Crippen LogP contribution in [0, 0.1) is 5.82 Å². The molecule has 0 radical (unpaired) electrons. The van der Waals surface area contributed by atoms with Gasteiger partial charge in [-0.1, -0.05) is 17.7 Å². The van der Waals surface area contributed by atoms with Gasteiger partial charge in [0.05, 0.1) is 5.02 Å². The van der Waals surface area contributed by atoms with E-state index in [2.05, 4.69) is 0 Å². The van der Waals surface area contributed by atoms with E-state index in [0.29, 0.717) is 5.92 Å². The smallest absolute Gasteiger partial charge is 0.141 e. The monoisotopic (exact) mass is 185 g/mol. The molecule has 0 aliphatic heterocycles. The van der Waals surface area contributed by atoms with Gasteiger partial charge < -0.3 is 5.73 Å². The normalized spacial score (nSPS) is 27.2. The molecule has 3 heteroatoms. The van der Waals surface area contributed by atoms with Crippen LogP contribution in [0.5, 0.6) is 0 Å². The standard InChI is InChI=1S/C9H9ClFN/c10-7-3-5(1-2-8(7)11)6-4-9(6)12/h1-3,6,9H,4,12H2/t6-,9+/m1/s1. The molecule has 1 fully saturated rings. The van der Waals surface area contributed by atoms with Crippen LogP contribution in [0.4, 0.5) is 4.39 Å². The van der Waals surface area contributed by atoms with E-state index in [1.54, 1.807) is 12.1 Å². The van der Waals surface area contributed by atoms with Crippen molar-refractivity contribution in [2.24, 2.45) is 5.73 Å². The van der Waals surface area contributed by atoms with E-state index in [1.807, 2.05) is 0 Å². The molecule has 0 aromatic heterocycles. The fraction of sp³-hybridized carbons (Fsp3) is 0.333. The molecule has 0 bridgehead atoms. The van der Waals surface area contributed by atoms with Crippen molar-refractivity contribution in [3.05, 3.63) is 34.6 Å². The first-order chi connectivity index (χ1) is 5.68. The van der Waals surface area contributed by atoms with Gasteiger partial charge in [-0.3, -0.25) is 0 Å². The number of hydrogen-bond acceptors (Lipinski definition) is 1. The van der Waals surface area contributed by atoms with Crippen LogP contribution in [-0.2, 0) is 0 Å². The summed E-state index contributed by atoms with van der Waals surface area (Å²) < 4.78 is 12.7. The number of nitrogens with two attached hydrogens (primary N) is 1. The molecule has 64 valence electrons. The summed E-state index contributed by atoms with van der Waals surface area (Å²) in [5.41, 5.74) is 6.70. The van der Waals surface area contributed by atoms with Crippen molar-refractivity contribution in [2.45, 2.75) is 18.4 Å². The molecule has 1 aliphatic carbocycles. The van der Waals surface area contributed by atoms with Gasteiger partial charge in [0.25, 0.3) is 0 Å². The molecule has 2 rings (SSSR count). The Morgan fingerprint density at radius 1 is 1.50 bits per heavy atom. The zero-order valence-corrected chi connectivity index (χ0v) is 7.18. The van der Waals surface area contributed by atoms with Crippen LogP contribution in [0.15, 0.2) is 18.2 Å². The molecule has 0 unspecified atom stereocenters. The molecule has 1 nitrogen and oxygen atoms in total. The van der Waals surface area contributed by atoms with Crippen molar-refractivity contribution in [3.8, 4) is 0 Å². The lowest BCUT2D eigenvalue weighted by Gasteiger charge is -1.99. The molecular formula is C9H9ClFN. The van der Waals surface area contributed by atoms with E-state index < -0.39 is 0 Å². The molecule has 2 N–H and O–H groups in total. The number of halogens is 2. The second-order valence-corrected chi connectivity index (χ2v) is 3.59. The lowest BCUT2D eigenvalue weighted by molar-refractivity contribution is 0.627. The minimum absolute atomic E-state index is 0.187. The van der Waals surface area contributed by atoms with E-state index in [-0.39, 0.29) is 16.9 Å². The van der Waals surface area contributed by atoms with Crippen LogP contribution in [0.25, 0.3) is 0 Å². The molecular weight excluding hydrogens is 177 g/mol. The molecule has 12 heavy (non-hydrogen) atoms. The highest BCUT2D eigenvalue weighted by Gasteiger charge is 2.34. The van der Waals surface area contributed by atoms with Gasteiger partial charge in [0, 0.05) is 12.0 Å². The van der Waals surface area contributed by atoms with Crippen molar-refractivity contribution in [1.82, 2.24) is 0 Å². The minimum atomic E-state index is -0.366. The Balaban J connectivity index is 2.29. The summed E-state index contributed by atoms with van der Waals surface area (Å²) in [5.74, 6) is 0.0257. The van der Waals surface area contributed by atoms with Gasteiger partial charge in [-0.15, -0.1) is 0 Å². The van der Waals surface area contributed by atoms with Crippen molar-refractivity contribution < 1.29 is 4.39 Å². The maximum absolute atomic E-state index is 12.7. The minimum Gasteiger partial charge on any atom is -0.327 e. The average Bonchev–Trinajstić information content (AvgIpc) is 2.73. The first-order valence-electron chi connectivity index (χ1n) is 3.89. The summed E-state index contributed by atoms with van der Waals surface area (Å²) in [5, 5.41) is 0.187. The summed E-state index contributed by atoms with van der Waals surface area (Å²) in [7, 11) is 0. The Morgan fingerprint density at radius 2 is 2.17 bits per heavy atom. The Labute approximate surface area is 75.3 Å². The van der Waals surface area contributed by atoms with Crippen LogP contribution in [-0.4, -0.2) is 6.04 Å². The molecule has 1 aromatic carbocycles. The highest BCUT2D eigenvalue weighted by atomic mass is 35.5. The molecule has 1 aromatic rings. The summed E-state index contributed by atoms with van der Waals surface area (Å²) >= 11 is 5.62. The second kappa shape index (κ2) is 2.71. The predicted octanol–water partition coefficient (Wildman–Crippen LogP) is 2.29. The number of benzene rings is 1.